The van der Waals surface area contributed by atoms with E-state index in [1.807, 2.05) is 25.1 Å². The number of hydrogen-bond donors (Lipinski definition) is 1. The van der Waals surface area contributed by atoms with Crippen molar-refractivity contribution in [1.82, 2.24) is 4.98 Å². The Bertz CT molecular complexity index is 908. The molecule has 0 bridgehead atoms. The molecule has 0 saturated carbocycles. The van der Waals surface area contributed by atoms with E-state index < -0.39 is 6.10 Å². The van der Waals surface area contributed by atoms with E-state index in [1.165, 1.54) is 0 Å². The first-order chi connectivity index (χ1) is 12.1. The number of fused-ring (bicyclic) bond motifs is 2. The van der Waals surface area contributed by atoms with Crippen molar-refractivity contribution in [2.45, 2.75) is 32.4 Å². The third-order valence-electron chi connectivity index (χ3n) is 4.62. The predicted molar refractivity (Wildman–Crippen MR) is 94.0 cm³/mol. The van der Waals surface area contributed by atoms with E-state index in [4.69, 9.17) is 16.3 Å². The zero-order valence-corrected chi connectivity index (χ0v) is 14.5. The third kappa shape index (κ3) is 2.83. The Morgan fingerprint density at radius 1 is 1.28 bits per heavy atom. The summed E-state index contributed by atoms with van der Waals surface area (Å²) in [5, 5.41) is 9.84. The van der Waals surface area contributed by atoms with E-state index in [0.29, 0.717) is 18.0 Å². The van der Waals surface area contributed by atoms with Gasteiger partial charge in [-0.3, -0.25) is 14.8 Å². The highest BCUT2D eigenvalue weighted by Crippen LogP contribution is 2.36. The lowest BCUT2D eigenvalue weighted by molar-refractivity contribution is -0.151. The van der Waals surface area contributed by atoms with Crippen molar-refractivity contribution in [3.05, 3.63) is 62.9 Å². The van der Waals surface area contributed by atoms with Gasteiger partial charge in [-0.15, -0.1) is 0 Å². The van der Waals surface area contributed by atoms with Gasteiger partial charge in [0.2, 0.25) is 0 Å². The Morgan fingerprint density at radius 2 is 2.12 bits per heavy atom. The molecule has 3 heterocycles. The number of aliphatic imine (C=N–C) groups is 1. The Balaban J connectivity index is 1.81. The van der Waals surface area contributed by atoms with Crippen LogP contribution >= 0.6 is 11.6 Å². The molecular weight excluding hydrogens is 340 g/mol. The van der Waals surface area contributed by atoms with Crippen molar-refractivity contribution in [1.29, 1.82) is 0 Å². The largest absolute Gasteiger partial charge is 0.457 e. The number of aromatic nitrogens is 1. The number of pyridine rings is 1. The molecule has 6 heteroatoms. The number of esters is 1. The van der Waals surface area contributed by atoms with Gasteiger partial charge in [0.1, 0.15) is 6.10 Å². The Labute approximate surface area is 150 Å². The normalized spacial score (nSPS) is 18.4. The minimum atomic E-state index is -0.414. The number of hydrogen-bond acceptors (Lipinski definition) is 5. The first-order valence-electron chi connectivity index (χ1n) is 8.20. The number of rotatable bonds is 3. The molecule has 0 fully saturated rings. The molecule has 0 saturated heterocycles. The van der Waals surface area contributed by atoms with Crippen LogP contribution in [-0.4, -0.2) is 28.4 Å². The Hall–Kier alpha value is -2.24. The van der Waals surface area contributed by atoms with Gasteiger partial charge in [-0.2, -0.15) is 0 Å². The van der Waals surface area contributed by atoms with E-state index in [1.54, 1.807) is 6.20 Å². The molecule has 4 rings (SSSR count). The van der Waals surface area contributed by atoms with Crippen LogP contribution in [0.1, 0.15) is 46.0 Å². The van der Waals surface area contributed by atoms with Crippen LogP contribution in [0.2, 0.25) is 5.02 Å². The van der Waals surface area contributed by atoms with Gasteiger partial charge in [0.25, 0.3) is 0 Å². The summed E-state index contributed by atoms with van der Waals surface area (Å²) in [6.45, 7) is 2.44. The van der Waals surface area contributed by atoms with Gasteiger partial charge in [-0.05, 0) is 35.7 Å². The summed E-state index contributed by atoms with van der Waals surface area (Å²) in [4.78, 5) is 20.7. The second-order valence-corrected chi connectivity index (χ2v) is 6.75. The van der Waals surface area contributed by atoms with Gasteiger partial charge < -0.3 is 9.84 Å². The number of benzene rings is 1. The molecule has 2 aliphatic rings. The van der Waals surface area contributed by atoms with Gasteiger partial charge in [-0.1, -0.05) is 17.7 Å². The average Bonchev–Trinajstić information content (AvgIpc) is 2.98. The highest BCUT2D eigenvalue weighted by Gasteiger charge is 2.30. The SMILES string of the molecule is Cc1cc(C2=NCc3cc4c(cc32)C(CCO)OC(=O)C4)c(Cl)cn1. The molecule has 1 aromatic carbocycles. The quantitative estimate of drug-likeness (QED) is 0.858. The van der Waals surface area contributed by atoms with Crippen LogP contribution in [0.3, 0.4) is 0 Å². The molecule has 0 aliphatic carbocycles. The topological polar surface area (TPSA) is 71.8 Å². The third-order valence-corrected chi connectivity index (χ3v) is 4.92. The zero-order valence-electron chi connectivity index (χ0n) is 13.8. The fourth-order valence-electron chi connectivity index (χ4n) is 3.47. The molecule has 5 nitrogen and oxygen atoms in total. The molecule has 0 radical (unpaired) electrons. The number of halogens is 1. The zero-order chi connectivity index (χ0) is 17.6. The highest BCUT2D eigenvalue weighted by molar-refractivity contribution is 6.35. The molecule has 2 aromatic rings. The van der Waals surface area contributed by atoms with Crippen molar-refractivity contribution < 1.29 is 14.6 Å². The monoisotopic (exact) mass is 356 g/mol. The molecule has 128 valence electrons. The number of cyclic esters (lactones) is 1. The van der Waals surface area contributed by atoms with Crippen molar-refractivity contribution in [3.63, 3.8) is 0 Å². The molecule has 2 aliphatic heterocycles. The van der Waals surface area contributed by atoms with Gasteiger partial charge in [0.15, 0.2) is 0 Å². The lowest BCUT2D eigenvalue weighted by atomic mass is 9.89. The standard InChI is InChI=1S/C19H17ClN2O3/c1-10-4-15(16(20)9-21-10)19-14-7-13-11(5-12(14)8-22-19)6-18(24)25-17(13)2-3-23/h4-5,7,9,17,23H,2-3,6,8H2,1H3. The first kappa shape index (κ1) is 16.2. The van der Waals surface area contributed by atoms with Gasteiger partial charge in [-0.25, -0.2) is 0 Å². The summed E-state index contributed by atoms with van der Waals surface area (Å²) in [7, 11) is 0. The van der Waals surface area contributed by atoms with Crippen LogP contribution < -0.4 is 0 Å². The first-order valence-corrected chi connectivity index (χ1v) is 8.58. The summed E-state index contributed by atoms with van der Waals surface area (Å²) >= 11 is 6.34. The average molecular weight is 357 g/mol. The molecule has 1 atom stereocenters. The van der Waals surface area contributed by atoms with Crippen LogP contribution in [0.5, 0.6) is 0 Å². The van der Waals surface area contributed by atoms with Crippen LogP contribution in [0.15, 0.2) is 29.4 Å². The van der Waals surface area contributed by atoms with Crippen molar-refractivity contribution in [2.75, 3.05) is 6.61 Å². The lowest BCUT2D eigenvalue weighted by Crippen LogP contribution is -2.23. The fourth-order valence-corrected chi connectivity index (χ4v) is 3.66. The van der Waals surface area contributed by atoms with Crippen LogP contribution in [0.25, 0.3) is 0 Å². The maximum atomic E-state index is 11.8. The maximum Gasteiger partial charge on any atom is 0.310 e. The van der Waals surface area contributed by atoms with Gasteiger partial charge in [0, 0.05) is 36.0 Å². The van der Waals surface area contributed by atoms with E-state index >= 15 is 0 Å². The fraction of sp³-hybridized carbons (Fsp3) is 0.316. The van der Waals surface area contributed by atoms with Crippen LogP contribution in [-0.2, 0) is 22.5 Å². The number of aryl methyl sites for hydroxylation is 1. The molecular formula is C19H17ClN2O3. The van der Waals surface area contributed by atoms with Gasteiger partial charge >= 0.3 is 5.97 Å². The number of carbonyl (C=O) groups excluding carboxylic acids is 1. The minimum Gasteiger partial charge on any atom is -0.457 e. The van der Waals surface area contributed by atoms with Crippen LogP contribution in [0, 0.1) is 6.92 Å². The summed E-state index contributed by atoms with van der Waals surface area (Å²) in [5.41, 5.74) is 6.57. The van der Waals surface area contributed by atoms with E-state index in [2.05, 4.69) is 9.98 Å². The maximum absolute atomic E-state index is 11.8. The van der Waals surface area contributed by atoms with Crippen molar-refractivity contribution in [2.24, 2.45) is 4.99 Å². The lowest BCUT2D eigenvalue weighted by Gasteiger charge is -2.26. The minimum absolute atomic E-state index is 0.0369. The smallest absolute Gasteiger partial charge is 0.310 e. The summed E-state index contributed by atoms with van der Waals surface area (Å²) < 4.78 is 5.42. The Kier molecular flexibility index (Phi) is 4.06. The second kappa shape index (κ2) is 6.24. The molecule has 1 unspecified atom stereocenters. The van der Waals surface area contributed by atoms with Gasteiger partial charge in [0.05, 0.1) is 23.7 Å². The van der Waals surface area contributed by atoms with E-state index in [0.717, 1.165) is 39.2 Å². The predicted octanol–water partition coefficient (Wildman–Crippen LogP) is 2.92. The molecule has 1 N–H and O–H groups in total. The summed E-state index contributed by atoms with van der Waals surface area (Å²) in [5.74, 6) is -0.252. The molecule has 0 spiro atoms. The number of carbonyl (C=O) groups is 1. The Morgan fingerprint density at radius 3 is 2.92 bits per heavy atom. The van der Waals surface area contributed by atoms with Crippen molar-refractivity contribution >= 4 is 23.3 Å². The number of aliphatic hydroxyl groups excluding tert-OH is 1. The summed E-state index contributed by atoms with van der Waals surface area (Å²) in [6.07, 6.45) is 1.87. The molecule has 0 amide bonds. The second-order valence-electron chi connectivity index (χ2n) is 6.35. The molecule has 25 heavy (non-hydrogen) atoms. The molecule has 1 aromatic heterocycles. The number of aliphatic hydroxyl groups is 1. The van der Waals surface area contributed by atoms with Crippen LogP contribution in [0.4, 0.5) is 0 Å². The number of nitrogens with zero attached hydrogens (tertiary/aromatic N) is 2. The highest BCUT2D eigenvalue weighted by atomic mass is 35.5. The van der Waals surface area contributed by atoms with E-state index in [9.17, 15) is 9.90 Å². The number of ether oxygens (including phenoxy) is 1. The van der Waals surface area contributed by atoms with Crippen molar-refractivity contribution in [3.8, 4) is 0 Å². The summed E-state index contributed by atoms with van der Waals surface area (Å²) in [6, 6.07) is 6.00. The van der Waals surface area contributed by atoms with E-state index in [-0.39, 0.29) is 19.0 Å².